The van der Waals surface area contributed by atoms with Crippen LogP contribution < -0.4 is 14.8 Å². The monoisotopic (exact) mass is 400 g/mol. The summed E-state index contributed by atoms with van der Waals surface area (Å²) in [5.41, 5.74) is 1.79. The van der Waals surface area contributed by atoms with Gasteiger partial charge in [0, 0.05) is 22.8 Å². The predicted molar refractivity (Wildman–Crippen MR) is 110 cm³/mol. The number of hydrogen-bond donors (Lipinski definition) is 1. The van der Waals surface area contributed by atoms with Gasteiger partial charge >= 0.3 is 0 Å². The lowest BCUT2D eigenvalue weighted by Crippen LogP contribution is -2.13. The summed E-state index contributed by atoms with van der Waals surface area (Å²) in [6.45, 7) is 6.25. The first kappa shape index (κ1) is 19.9. The van der Waals surface area contributed by atoms with Crippen molar-refractivity contribution in [2.24, 2.45) is 0 Å². The molecule has 3 rings (SSSR count). The number of amides is 1. The molecule has 2 aromatic heterocycles. The van der Waals surface area contributed by atoms with E-state index in [0.717, 1.165) is 22.8 Å². The van der Waals surface area contributed by atoms with Gasteiger partial charge in [-0.3, -0.25) is 10.1 Å². The summed E-state index contributed by atoms with van der Waals surface area (Å²) in [6.07, 6.45) is 0.485. The van der Waals surface area contributed by atoms with Crippen molar-refractivity contribution in [3.63, 3.8) is 0 Å². The van der Waals surface area contributed by atoms with Crippen LogP contribution in [0.15, 0.2) is 40.1 Å². The van der Waals surface area contributed by atoms with Crippen molar-refractivity contribution in [2.45, 2.75) is 32.6 Å². The number of aromatic nitrogens is 1. The molecule has 2 heterocycles. The lowest BCUT2D eigenvalue weighted by atomic mass is 9.93. The molecular formula is C21H24N2O4S. The van der Waals surface area contributed by atoms with E-state index in [1.165, 1.54) is 11.3 Å². The molecule has 0 atom stereocenters. The maximum absolute atomic E-state index is 12.5. The molecule has 0 radical (unpaired) electrons. The van der Waals surface area contributed by atoms with Crippen LogP contribution in [0.25, 0.3) is 0 Å². The number of benzene rings is 1. The average Bonchev–Trinajstić information content (AvgIpc) is 3.31. The Labute approximate surface area is 168 Å². The summed E-state index contributed by atoms with van der Waals surface area (Å²) in [6, 6.07) is 9.03. The zero-order chi connectivity index (χ0) is 20.3. The van der Waals surface area contributed by atoms with Gasteiger partial charge in [0.25, 0.3) is 5.91 Å². The third kappa shape index (κ3) is 4.54. The molecule has 0 aliphatic rings. The minimum atomic E-state index is -0.321. The van der Waals surface area contributed by atoms with Crippen molar-refractivity contribution >= 4 is 22.4 Å². The Morgan fingerprint density at radius 1 is 1.18 bits per heavy atom. The van der Waals surface area contributed by atoms with E-state index < -0.39 is 0 Å². The normalized spacial score (nSPS) is 11.3. The number of anilines is 1. The number of nitrogens with zero attached hydrogens (tertiary/aromatic N) is 1. The van der Waals surface area contributed by atoms with Crippen LogP contribution in [-0.2, 0) is 11.8 Å². The van der Waals surface area contributed by atoms with E-state index in [-0.39, 0.29) is 17.1 Å². The van der Waals surface area contributed by atoms with Crippen molar-refractivity contribution in [2.75, 3.05) is 19.5 Å². The van der Waals surface area contributed by atoms with E-state index in [2.05, 4.69) is 31.1 Å². The van der Waals surface area contributed by atoms with E-state index in [0.29, 0.717) is 17.3 Å². The standard InChI is InChI=1S/C21H24N2O4S/c1-21(2,3)18-12-28-20(22-18)23-19(24)17-9-7-15(27-17)11-13-10-14(25-4)6-8-16(13)26-5/h6-10,12H,11H2,1-5H3,(H,22,23,24). The van der Waals surface area contributed by atoms with Crippen molar-refractivity contribution < 1.29 is 18.7 Å². The Morgan fingerprint density at radius 3 is 2.61 bits per heavy atom. The molecule has 148 valence electrons. The van der Waals surface area contributed by atoms with Gasteiger partial charge in [0.1, 0.15) is 17.3 Å². The Balaban J connectivity index is 1.72. The van der Waals surface area contributed by atoms with Crippen molar-refractivity contribution in [1.29, 1.82) is 0 Å². The van der Waals surface area contributed by atoms with Crippen LogP contribution in [0.3, 0.4) is 0 Å². The molecule has 3 aromatic rings. The second kappa shape index (κ2) is 8.06. The minimum absolute atomic E-state index is 0.0624. The van der Waals surface area contributed by atoms with Gasteiger partial charge in [0.2, 0.25) is 0 Å². The second-order valence-electron chi connectivity index (χ2n) is 7.36. The molecule has 0 aliphatic heterocycles. The molecule has 7 heteroatoms. The van der Waals surface area contributed by atoms with Gasteiger partial charge in [-0.2, -0.15) is 0 Å². The summed E-state index contributed by atoms with van der Waals surface area (Å²) >= 11 is 1.40. The number of thiazole rings is 1. The summed E-state index contributed by atoms with van der Waals surface area (Å²) in [5, 5.41) is 5.31. The molecular weight excluding hydrogens is 376 g/mol. The number of ether oxygens (including phenoxy) is 2. The van der Waals surface area contributed by atoms with Gasteiger partial charge in [-0.15, -0.1) is 11.3 Å². The Morgan fingerprint density at radius 2 is 1.96 bits per heavy atom. The van der Waals surface area contributed by atoms with Gasteiger partial charge in [-0.1, -0.05) is 20.8 Å². The SMILES string of the molecule is COc1ccc(OC)c(Cc2ccc(C(=O)Nc3nc(C(C)(C)C)cs3)o2)c1. The Bertz CT molecular complexity index is 969. The summed E-state index contributed by atoms with van der Waals surface area (Å²) in [4.78, 5) is 17.0. The first-order chi connectivity index (χ1) is 13.3. The van der Waals surface area contributed by atoms with Gasteiger partial charge in [-0.25, -0.2) is 4.98 Å². The topological polar surface area (TPSA) is 73.6 Å². The molecule has 0 aliphatic carbocycles. The van der Waals surface area contributed by atoms with E-state index in [1.54, 1.807) is 26.4 Å². The first-order valence-electron chi connectivity index (χ1n) is 8.87. The maximum Gasteiger partial charge on any atom is 0.293 e. The molecule has 0 spiro atoms. The lowest BCUT2D eigenvalue weighted by Gasteiger charge is -2.14. The number of rotatable bonds is 6. The molecule has 0 saturated carbocycles. The maximum atomic E-state index is 12.5. The van der Waals surface area contributed by atoms with Crippen LogP contribution in [-0.4, -0.2) is 25.1 Å². The summed E-state index contributed by atoms with van der Waals surface area (Å²) in [7, 11) is 3.23. The zero-order valence-corrected chi connectivity index (χ0v) is 17.5. The highest BCUT2D eigenvalue weighted by Gasteiger charge is 2.19. The van der Waals surface area contributed by atoms with E-state index in [9.17, 15) is 4.79 Å². The Kier molecular flexibility index (Phi) is 5.74. The fourth-order valence-electron chi connectivity index (χ4n) is 2.64. The van der Waals surface area contributed by atoms with E-state index in [4.69, 9.17) is 13.9 Å². The average molecular weight is 401 g/mol. The highest BCUT2D eigenvalue weighted by Crippen LogP contribution is 2.28. The predicted octanol–water partition coefficient (Wildman–Crippen LogP) is 4.89. The van der Waals surface area contributed by atoms with Crippen molar-refractivity contribution in [3.05, 3.63) is 58.5 Å². The van der Waals surface area contributed by atoms with Crippen LogP contribution in [0.5, 0.6) is 11.5 Å². The fourth-order valence-corrected chi connectivity index (χ4v) is 3.57. The zero-order valence-electron chi connectivity index (χ0n) is 16.7. The van der Waals surface area contributed by atoms with Crippen LogP contribution >= 0.6 is 11.3 Å². The second-order valence-corrected chi connectivity index (χ2v) is 8.22. The number of methoxy groups -OCH3 is 2. The van der Waals surface area contributed by atoms with Crippen LogP contribution in [0.1, 0.15) is 48.3 Å². The molecule has 1 amide bonds. The van der Waals surface area contributed by atoms with E-state index in [1.807, 2.05) is 23.6 Å². The number of hydrogen-bond acceptors (Lipinski definition) is 6. The van der Waals surface area contributed by atoms with Crippen LogP contribution in [0.2, 0.25) is 0 Å². The number of carbonyl (C=O) groups is 1. The molecule has 0 saturated heterocycles. The highest BCUT2D eigenvalue weighted by atomic mass is 32.1. The molecule has 1 aromatic carbocycles. The van der Waals surface area contributed by atoms with Gasteiger partial charge < -0.3 is 13.9 Å². The Hall–Kier alpha value is -2.80. The fraction of sp³-hybridized carbons (Fsp3) is 0.333. The van der Waals surface area contributed by atoms with Crippen LogP contribution in [0, 0.1) is 0 Å². The molecule has 6 nitrogen and oxygen atoms in total. The number of nitrogens with one attached hydrogen (secondary N) is 1. The van der Waals surface area contributed by atoms with E-state index >= 15 is 0 Å². The molecule has 0 fully saturated rings. The first-order valence-corrected chi connectivity index (χ1v) is 9.75. The third-order valence-electron chi connectivity index (χ3n) is 4.23. The smallest absolute Gasteiger partial charge is 0.293 e. The number of carbonyl (C=O) groups excluding carboxylic acids is 1. The molecule has 1 N–H and O–H groups in total. The highest BCUT2D eigenvalue weighted by molar-refractivity contribution is 7.14. The summed E-state index contributed by atoms with van der Waals surface area (Å²) in [5.74, 6) is 2.05. The van der Waals surface area contributed by atoms with Gasteiger partial charge in [0.05, 0.1) is 19.9 Å². The van der Waals surface area contributed by atoms with Gasteiger partial charge in [-0.05, 0) is 30.3 Å². The van der Waals surface area contributed by atoms with Crippen LogP contribution in [0.4, 0.5) is 5.13 Å². The molecule has 0 unspecified atom stereocenters. The van der Waals surface area contributed by atoms with Crippen molar-refractivity contribution in [1.82, 2.24) is 4.98 Å². The van der Waals surface area contributed by atoms with Gasteiger partial charge in [0.15, 0.2) is 10.9 Å². The minimum Gasteiger partial charge on any atom is -0.497 e. The summed E-state index contributed by atoms with van der Waals surface area (Å²) < 4.78 is 16.4. The van der Waals surface area contributed by atoms with Crippen molar-refractivity contribution in [3.8, 4) is 11.5 Å². The number of furan rings is 1. The molecule has 28 heavy (non-hydrogen) atoms. The quantitative estimate of drug-likeness (QED) is 0.637. The lowest BCUT2D eigenvalue weighted by molar-refractivity contribution is 0.0995. The largest absolute Gasteiger partial charge is 0.497 e. The molecule has 0 bridgehead atoms. The third-order valence-corrected chi connectivity index (χ3v) is 4.99.